The molecule has 1 aliphatic heterocycles. The highest BCUT2D eigenvalue weighted by molar-refractivity contribution is 5.63. The monoisotopic (exact) mass is 335 g/mol. The zero-order valence-corrected chi connectivity index (χ0v) is 15.0. The lowest BCUT2D eigenvalue weighted by Gasteiger charge is -2.40. The van der Waals surface area contributed by atoms with Gasteiger partial charge in [-0.15, -0.1) is 0 Å². The van der Waals surface area contributed by atoms with Crippen LogP contribution in [0, 0.1) is 5.92 Å². The van der Waals surface area contributed by atoms with Gasteiger partial charge in [0.15, 0.2) is 0 Å². The van der Waals surface area contributed by atoms with Gasteiger partial charge in [-0.2, -0.15) is 0 Å². The first kappa shape index (κ1) is 16.8. The second kappa shape index (κ2) is 7.31. The predicted molar refractivity (Wildman–Crippen MR) is 103 cm³/mol. The zero-order chi connectivity index (χ0) is 17.1. The topological polar surface area (TPSA) is 23.5 Å². The fourth-order valence-corrected chi connectivity index (χ4v) is 4.68. The van der Waals surface area contributed by atoms with E-state index < -0.39 is 5.60 Å². The molecule has 1 atom stereocenters. The van der Waals surface area contributed by atoms with Gasteiger partial charge in [-0.3, -0.25) is 4.90 Å². The summed E-state index contributed by atoms with van der Waals surface area (Å²) in [5, 5.41) is 11.3. The van der Waals surface area contributed by atoms with Crippen LogP contribution in [0.5, 0.6) is 0 Å². The molecule has 25 heavy (non-hydrogen) atoms. The molecule has 4 rings (SSSR count). The number of β-amino-alcohol motifs (C(OH)–C–C–N with tert-alkyl or cyclic N) is 1. The predicted octanol–water partition coefficient (Wildman–Crippen LogP) is 4.83. The van der Waals surface area contributed by atoms with Crippen molar-refractivity contribution in [1.29, 1.82) is 0 Å². The van der Waals surface area contributed by atoms with Gasteiger partial charge >= 0.3 is 0 Å². The average Bonchev–Trinajstić information content (AvgIpc) is 3.16. The minimum atomic E-state index is -0.688. The van der Waals surface area contributed by atoms with Crippen LogP contribution in [0.4, 0.5) is 0 Å². The summed E-state index contributed by atoms with van der Waals surface area (Å²) in [5.41, 5.74) is 2.83. The molecule has 2 nitrogen and oxygen atoms in total. The molecule has 0 amide bonds. The molecule has 2 fully saturated rings. The number of rotatable bonds is 4. The van der Waals surface area contributed by atoms with Crippen LogP contribution in [-0.2, 0) is 5.60 Å². The summed E-state index contributed by atoms with van der Waals surface area (Å²) in [6.07, 6.45) is 7.50. The Morgan fingerprint density at radius 3 is 2.28 bits per heavy atom. The highest BCUT2D eigenvalue weighted by Crippen LogP contribution is 2.34. The fourth-order valence-electron chi connectivity index (χ4n) is 4.68. The van der Waals surface area contributed by atoms with Crippen LogP contribution in [0.1, 0.15) is 44.1 Å². The standard InChI is InChI=1S/C23H29NO/c25-23(15-6-16-24(18-23)17-19-7-4-5-8-19)22-13-11-21(12-14-22)20-9-2-1-3-10-20/h1-3,9-14,19,25H,4-8,15-18H2/t23-/m1/s1. The smallest absolute Gasteiger partial charge is 0.102 e. The number of piperidine rings is 1. The first-order valence-corrected chi connectivity index (χ1v) is 9.84. The van der Waals surface area contributed by atoms with E-state index in [1.54, 1.807) is 0 Å². The van der Waals surface area contributed by atoms with E-state index in [9.17, 15) is 5.11 Å². The van der Waals surface area contributed by atoms with Crippen LogP contribution in [0.2, 0.25) is 0 Å². The molecule has 0 unspecified atom stereocenters. The molecule has 1 heterocycles. The van der Waals surface area contributed by atoms with Gasteiger partial charge in [0.05, 0.1) is 0 Å². The largest absolute Gasteiger partial charge is 0.384 e. The Morgan fingerprint density at radius 2 is 1.56 bits per heavy atom. The third-order valence-electron chi connectivity index (χ3n) is 6.07. The number of hydrogen-bond acceptors (Lipinski definition) is 2. The average molecular weight is 335 g/mol. The molecule has 132 valence electrons. The van der Waals surface area contributed by atoms with Crippen molar-refractivity contribution in [2.45, 2.75) is 44.1 Å². The van der Waals surface area contributed by atoms with E-state index >= 15 is 0 Å². The summed E-state index contributed by atoms with van der Waals surface area (Å²) in [6.45, 7) is 3.10. The van der Waals surface area contributed by atoms with E-state index in [1.165, 1.54) is 43.4 Å². The van der Waals surface area contributed by atoms with E-state index in [2.05, 4.69) is 53.4 Å². The number of benzene rings is 2. The summed E-state index contributed by atoms with van der Waals surface area (Å²) >= 11 is 0. The molecule has 1 saturated heterocycles. The molecule has 1 saturated carbocycles. The van der Waals surface area contributed by atoms with Gasteiger partial charge in [0.1, 0.15) is 5.60 Å². The van der Waals surface area contributed by atoms with Crippen molar-refractivity contribution in [2.24, 2.45) is 5.92 Å². The van der Waals surface area contributed by atoms with E-state index in [4.69, 9.17) is 0 Å². The van der Waals surface area contributed by atoms with Crippen LogP contribution >= 0.6 is 0 Å². The van der Waals surface area contributed by atoms with Gasteiger partial charge in [-0.1, -0.05) is 67.4 Å². The van der Waals surface area contributed by atoms with Crippen molar-refractivity contribution in [3.05, 3.63) is 60.2 Å². The van der Waals surface area contributed by atoms with Gasteiger partial charge in [0.25, 0.3) is 0 Å². The van der Waals surface area contributed by atoms with Crippen molar-refractivity contribution >= 4 is 0 Å². The first-order valence-electron chi connectivity index (χ1n) is 9.84. The van der Waals surface area contributed by atoms with E-state index in [1.807, 2.05) is 6.07 Å². The van der Waals surface area contributed by atoms with Crippen LogP contribution in [0.15, 0.2) is 54.6 Å². The third-order valence-corrected chi connectivity index (χ3v) is 6.07. The molecule has 0 spiro atoms. The summed E-state index contributed by atoms with van der Waals surface area (Å²) in [7, 11) is 0. The van der Waals surface area contributed by atoms with Gasteiger partial charge in [0.2, 0.25) is 0 Å². The molecule has 2 aromatic rings. The Kier molecular flexibility index (Phi) is 4.91. The Labute approximate surface area is 151 Å². The van der Waals surface area contributed by atoms with Crippen molar-refractivity contribution < 1.29 is 5.11 Å². The number of hydrogen-bond donors (Lipinski definition) is 1. The van der Waals surface area contributed by atoms with E-state index in [-0.39, 0.29) is 0 Å². The lowest BCUT2D eigenvalue weighted by molar-refractivity contribution is -0.0392. The molecule has 1 N–H and O–H groups in total. The Hall–Kier alpha value is -1.64. The molecule has 0 aromatic heterocycles. The van der Waals surface area contributed by atoms with Gasteiger partial charge in [-0.05, 0) is 54.8 Å². The van der Waals surface area contributed by atoms with Crippen LogP contribution < -0.4 is 0 Å². The maximum Gasteiger partial charge on any atom is 0.102 e. The second-order valence-electron chi connectivity index (χ2n) is 7.96. The quantitative estimate of drug-likeness (QED) is 0.865. The maximum atomic E-state index is 11.3. The number of nitrogens with zero attached hydrogens (tertiary/aromatic N) is 1. The van der Waals surface area contributed by atoms with Crippen LogP contribution in [-0.4, -0.2) is 29.6 Å². The summed E-state index contributed by atoms with van der Waals surface area (Å²) < 4.78 is 0. The molecule has 1 aliphatic carbocycles. The van der Waals surface area contributed by atoms with Crippen LogP contribution in [0.25, 0.3) is 11.1 Å². The van der Waals surface area contributed by atoms with Crippen molar-refractivity contribution in [3.8, 4) is 11.1 Å². The Bertz CT molecular complexity index is 675. The second-order valence-corrected chi connectivity index (χ2v) is 7.96. The van der Waals surface area contributed by atoms with Crippen LogP contribution in [0.3, 0.4) is 0 Å². The highest BCUT2D eigenvalue weighted by Gasteiger charge is 2.35. The molecule has 2 aromatic carbocycles. The molecular weight excluding hydrogens is 306 g/mol. The lowest BCUT2D eigenvalue weighted by atomic mass is 9.84. The van der Waals surface area contributed by atoms with Gasteiger partial charge in [0, 0.05) is 13.1 Å². The Morgan fingerprint density at radius 1 is 0.880 bits per heavy atom. The van der Waals surface area contributed by atoms with Crippen molar-refractivity contribution in [2.75, 3.05) is 19.6 Å². The normalized spacial score (nSPS) is 25.3. The molecule has 2 heteroatoms. The molecular formula is C23H29NO. The fraction of sp³-hybridized carbons (Fsp3) is 0.478. The molecule has 2 aliphatic rings. The summed E-state index contributed by atoms with van der Waals surface area (Å²) in [4.78, 5) is 2.50. The third kappa shape index (κ3) is 3.80. The molecule has 0 bridgehead atoms. The molecule has 0 radical (unpaired) electrons. The Balaban J connectivity index is 1.47. The summed E-state index contributed by atoms with van der Waals surface area (Å²) in [5.74, 6) is 0.850. The van der Waals surface area contributed by atoms with Gasteiger partial charge < -0.3 is 5.11 Å². The van der Waals surface area contributed by atoms with Gasteiger partial charge in [-0.25, -0.2) is 0 Å². The minimum Gasteiger partial charge on any atom is -0.384 e. The first-order chi connectivity index (χ1) is 12.2. The SMILES string of the molecule is O[C@]1(c2ccc(-c3ccccc3)cc2)CCCN(CC2CCCC2)C1. The zero-order valence-electron chi connectivity index (χ0n) is 15.0. The minimum absolute atomic E-state index is 0.688. The van der Waals surface area contributed by atoms with E-state index in [0.29, 0.717) is 0 Å². The van der Waals surface area contributed by atoms with Crippen molar-refractivity contribution in [1.82, 2.24) is 4.90 Å². The summed E-state index contributed by atoms with van der Waals surface area (Å²) in [6, 6.07) is 19.0. The van der Waals surface area contributed by atoms with E-state index in [0.717, 1.165) is 37.4 Å². The van der Waals surface area contributed by atoms with Crippen molar-refractivity contribution in [3.63, 3.8) is 0 Å². The maximum absolute atomic E-state index is 11.3. The lowest BCUT2D eigenvalue weighted by Crippen LogP contribution is -2.47. The number of aliphatic hydroxyl groups is 1. The highest BCUT2D eigenvalue weighted by atomic mass is 16.3. The number of likely N-dealkylation sites (tertiary alicyclic amines) is 1.